The monoisotopic (exact) mass is 444 g/mol. The van der Waals surface area contributed by atoms with E-state index in [2.05, 4.69) is 20.3 Å². The number of hydrogen-bond acceptors (Lipinski definition) is 6. The lowest BCUT2D eigenvalue weighted by Gasteiger charge is -2.38. The van der Waals surface area contributed by atoms with Gasteiger partial charge in [-0.15, -0.1) is 23.4 Å². The van der Waals surface area contributed by atoms with Gasteiger partial charge in [-0.3, -0.25) is 5.32 Å². The Morgan fingerprint density at radius 2 is 1.90 bits per heavy atom. The summed E-state index contributed by atoms with van der Waals surface area (Å²) in [7, 11) is 0. The van der Waals surface area contributed by atoms with Gasteiger partial charge in [0, 0.05) is 18.5 Å². The Labute approximate surface area is 175 Å². The van der Waals surface area contributed by atoms with Crippen LogP contribution >= 0.6 is 11.3 Å². The van der Waals surface area contributed by atoms with Gasteiger partial charge in [-0.05, 0) is 30.5 Å². The Bertz CT molecular complexity index is 903. The van der Waals surface area contributed by atoms with Crippen LogP contribution in [0.5, 0.6) is 5.75 Å². The lowest BCUT2D eigenvalue weighted by Crippen LogP contribution is -2.46. The lowest BCUT2D eigenvalue weighted by atomic mass is 9.84. The van der Waals surface area contributed by atoms with Crippen LogP contribution in [0.1, 0.15) is 44.2 Å². The number of aromatic nitrogens is 2. The van der Waals surface area contributed by atoms with Crippen LogP contribution in [-0.2, 0) is 11.0 Å². The zero-order valence-corrected chi connectivity index (χ0v) is 17.6. The summed E-state index contributed by atoms with van der Waals surface area (Å²) in [5.74, 6) is -0.389. The number of alkyl halides is 3. The van der Waals surface area contributed by atoms with E-state index in [1.165, 1.54) is 34.4 Å². The van der Waals surface area contributed by atoms with Crippen molar-refractivity contribution in [1.82, 2.24) is 15.1 Å². The summed E-state index contributed by atoms with van der Waals surface area (Å²) >= 11 is 1.30. The average molecular weight is 444 g/mol. The predicted octanol–water partition coefficient (Wildman–Crippen LogP) is 4.25. The van der Waals surface area contributed by atoms with E-state index in [0.29, 0.717) is 10.7 Å². The molecule has 0 radical (unpaired) electrons. The number of carbonyl (C=O) groups excluding carboxylic acids is 1. The van der Waals surface area contributed by atoms with E-state index in [4.69, 9.17) is 0 Å². The molecule has 2 N–H and O–H groups in total. The average Bonchev–Trinajstić information content (AvgIpc) is 3.10. The Kier molecular flexibility index (Phi) is 5.96. The molecule has 1 aromatic heterocycles. The van der Waals surface area contributed by atoms with E-state index >= 15 is 0 Å². The second kappa shape index (κ2) is 8.03. The third-order valence-electron chi connectivity index (χ3n) is 4.76. The minimum atomic E-state index is -4.81. The molecule has 2 aromatic rings. The number of nitrogens with one attached hydrogen (secondary N) is 1. The number of aliphatic hydroxyl groups is 1. The van der Waals surface area contributed by atoms with Crippen molar-refractivity contribution in [1.29, 1.82) is 0 Å². The number of benzene rings is 1. The van der Waals surface area contributed by atoms with Crippen LogP contribution in [0.2, 0.25) is 0 Å². The zero-order chi connectivity index (χ0) is 22.2. The molecule has 0 unspecified atom stereocenters. The summed E-state index contributed by atoms with van der Waals surface area (Å²) in [5.41, 5.74) is -1.19. The van der Waals surface area contributed by atoms with E-state index in [1.807, 2.05) is 20.8 Å². The molecule has 0 spiro atoms. The number of rotatable bonds is 3. The molecule has 11 heteroatoms. The Morgan fingerprint density at radius 3 is 2.47 bits per heavy atom. The largest absolute Gasteiger partial charge is 0.573 e. The van der Waals surface area contributed by atoms with Crippen molar-refractivity contribution in [2.45, 2.75) is 51.0 Å². The van der Waals surface area contributed by atoms with E-state index in [1.54, 1.807) is 6.07 Å². The number of urea groups is 1. The molecular weight excluding hydrogens is 421 g/mol. The number of piperidine rings is 1. The quantitative estimate of drug-likeness (QED) is 0.739. The molecular formula is C19H23F3N4O3S. The highest BCUT2D eigenvalue weighted by Gasteiger charge is 2.37. The molecule has 0 bridgehead atoms. The van der Waals surface area contributed by atoms with Gasteiger partial charge in [-0.1, -0.05) is 44.2 Å². The van der Waals surface area contributed by atoms with Gasteiger partial charge in [0.1, 0.15) is 10.8 Å². The molecule has 30 heavy (non-hydrogen) atoms. The second-order valence-electron chi connectivity index (χ2n) is 8.19. The molecule has 1 aromatic carbocycles. The summed E-state index contributed by atoms with van der Waals surface area (Å²) in [4.78, 5) is 14.0. The van der Waals surface area contributed by atoms with Crippen LogP contribution < -0.4 is 10.1 Å². The third kappa shape index (κ3) is 5.39. The number of amides is 2. The van der Waals surface area contributed by atoms with Crippen LogP contribution in [0.3, 0.4) is 0 Å². The number of likely N-dealkylation sites (tertiary alicyclic amines) is 1. The minimum absolute atomic E-state index is 0.174. The highest BCUT2D eigenvalue weighted by Crippen LogP contribution is 2.36. The summed E-state index contributed by atoms with van der Waals surface area (Å²) in [6.45, 7) is 6.47. The van der Waals surface area contributed by atoms with Crippen molar-refractivity contribution < 1.29 is 27.8 Å². The molecule has 0 atom stereocenters. The third-order valence-corrected chi connectivity index (χ3v) is 6.03. The van der Waals surface area contributed by atoms with E-state index in [-0.39, 0.29) is 43.1 Å². The minimum Gasteiger partial charge on any atom is -0.406 e. The van der Waals surface area contributed by atoms with Crippen molar-refractivity contribution in [2.75, 3.05) is 18.4 Å². The summed E-state index contributed by atoms with van der Waals surface area (Å²) in [6, 6.07) is 4.95. The fraction of sp³-hybridized carbons (Fsp3) is 0.526. The van der Waals surface area contributed by atoms with Gasteiger partial charge in [0.15, 0.2) is 0 Å². The number of halogens is 3. The van der Waals surface area contributed by atoms with Gasteiger partial charge in [-0.2, -0.15) is 0 Å². The van der Waals surface area contributed by atoms with Crippen molar-refractivity contribution in [3.63, 3.8) is 0 Å². The summed E-state index contributed by atoms with van der Waals surface area (Å²) in [6.07, 6.45) is -4.45. The number of ether oxygens (including phenoxy) is 1. The number of hydrogen-bond donors (Lipinski definition) is 2. The molecule has 2 amide bonds. The molecule has 0 aliphatic carbocycles. The van der Waals surface area contributed by atoms with E-state index in [9.17, 15) is 23.1 Å². The van der Waals surface area contributed by atoms with Gasteiger partial charge in [0.05, 0.1) is 5.60 Å². The van der Waals surface area contributed by atoms with Crippen molar-refractivity contribution in [3.8, 4) is 5.75 Å². The fourth-order valence-electron chi connectivity index (χ4n) is 3.10. The molecule has 2 heterocycles. The predicted molar refractivity (Wildman–Crippen MR) is 105 cm³/mol. The van der Waals surface area contributed by atoms with Gasteiger partial charge in [0.2, 0.25) is 5.13 Å². The normalized spacial score (nSPS) is 17.0. The standard InChI is InChI=1S/C19H23F3N4O3S/c1-17(2,3)14-24-25-15(30-14)23-16(27)26-9-7-18(28,8-10-26)12-5-4-6-13(11-12)29-19(20,21)22/h4-6,11,28H,7-10H2,1-3H3,(H,23,25,27). The first-order chi connectivity index (χ1) is 13.9. The SMILES string of the molecule is CC(C)(C)c1nnc(NC(=O)N2CCC(O)(c3cccc(OC(F)(F)F)c3)CC2)s1. The van der Waals surface area contributed by atoms with E-state index in [0.717, 1.165) is 5.01 Å². The van der Waals surface area contributed by atoms with Crippen LogP contribution in [0, 0.1) is 0 Å². The lowest BCUT2D eigenvalue weighted by molar-refractivity contribution is -0.274. The smallest absolute Gasteiger partial charge is 0.406 e. The summed E-state index contributed by atoms with van der Waals surface area (Å²) < 4.78 is 41.3. The summed E-state index contributed by atoms with van der Waals surface area (Å²) in [5, 5.41) is 22.9. The first kappa shape index (κ1) is 22.3. The van der Waals surface area contributed by atoms with Crippen molar-refractivity contribution >= 4 is 22.5 Å². The van der Waals surface area contributed by atoms with Crippen molar-refractivity contribution in [3.05, 3.63) is 34.8 Å². The van der Waals surface area contributed by atoms with Crippen LogP contribution in [0.4, 0.5) is 23.1 Å². The highest BCUT2D eigenvalue weighted by molar-refractivity contribution is 7.15. The molecule has 164 valence electrons. The van der Waals surface area contributed by atoms with Crippen LogP contribution in [0.15, 0.2) is 24.3 Å². The maximum absolute atomic E-state index is 12.5. The number of carbonyl (C=O) groups is 1. The maximum atomic E-state index is 12.5. The topological polar surface area (TPSA) is 87.6 Å². The number of nitrogens with zero attached hydrogens (tertiary/aromatic N) is 3. The first-order valence-corrected chi connectivity index (χ1v) is 10.2. The van der Waals surface area contributed by atoms with Gasteiger partial charge < -0.3 is 14.7 Å². The first-order valence-electron chi connectivity index (χ1n) is 9.34. The Morgan fingerprint density at radius 1 is 1.23 bits per heavy atom. The molecule has 0 saturated carbocycles. The van der Waals surface area contributed by atoms with Crippen LogP contribution in [-0.4, -0.2) is 45.7 Å². The van der Waals surface area contributed by atoms with Crippen molar-refractivity contribution in [2.24, 2.45) is 0 Å². The fourth-order valence-corrected chi connectivity index (χ4v) is 3.89. The molecule has 1 aliphatic heterocycles. The van der Waals surface area contributed by atoms with E-state index < -0.39 is 12.0 Å². The van der Waals surface area contributed by atoms with Gasteiger partial charge >= 0.3 is 12.4 Å². The maximum Gasteiger partial charge on any atom is 0.573 e. The second-order valence-corrected chi connectivity index (χ2v) is 9.16. The number of anilines is 1. The Balaban J connectivity index is 1.61. The molecule has 1 aliphatic rings. The Hall–Kier alpha value is -2.40. The molecule has 1 fully saturated rings. The zero-order valence-electron chi connectivity index (χ0n) is 16.8. The van der Waals surface area contributed by atoms with Gasteiger partial charge in [-0.25, -0.2) is 4.79 Å². The molecule has 1 saturated heterocycles. The molecule has 7 nitrogen and oxygen atoms in total. The van der Waals surface area contributed by atoms with Gasteiger partial charge in [0.25, 0.3) is 0 Å². The molecule has 3 rings (SSSR count). The van der Waals surface area contributed by atoms with Crippen LogP contribution in [0.25, 0.3) is 0 Å². The highest BCUT2D eigenvalue weighted by atomic mass is 32.1.